The third-order valence-corrected chi connectivity index (χ3v) is 7.18. The molecular formula is C27H26ClN3O2S. The molecule has 1 saturated heterocycles. The van der Waals surface area contributed by atoms with Gasteiger partial charge in [-0.1, -0.05) is 41.4 Å². The van der Waals surface area contributed by atoms with E-state index in [1.54, 1.807) is 6.07 Å². The zero-order chi connectivity index (χ0) is 24.2. The number of fused-ring (bicyclic) bond motifs is 4. The number of aryl methyl sites for hydroxylation is 3. The zero-order valence-corrected chi connectivity index (χ0v) is 21.1. The molecule has 0 aliphatic carbocycles. The fourth-order valence-corrected chi connectivity index (χ4v) is 5.67. The Balaban J connectivity index is 1.63. The fraction of sp³-hybridized carbons (Fsp3) is 0.259. The van der Waals surface area contributed by atoms with E-state index in [1.807, 2.05) is 81.1 Å². The number of nitrogens with zero attached hydrogens (tertiary/aromatic N) is 1. The minimum atomic E-state index is -1.07. The predicted molar refractivity (Wildman–Crippen MR) is 141 cm³/mol. The average Bonchev–Trinajstić information content (AvgIpc) is 2.76. The first kappa shape index (κ1) is 22.7. The maximum Gasteiger partial charge on any atom is 0.236 e. The van der Waals surface area contributed by atoms with Crippen molar-refractivity contribution in [1.82, 2.24) is 5.32 Å². The van der Waals surface area contributed by atoms with E-state index in [0.717, 1.165) is 33.6 Å². The van der Waals surface area contributed by atoms with Gasteiger partial charge in [-0.05, 0) is 87.4 Å². The van der Waals surface area contributed by atoms with Crippen molar-refractivity contribution in [2.24, 2.45) is 5.92 Å². The molecule has 5 nitrogen and oxygen atoms in total. The van der Waals surface area contributed by atoms with Gasteiger partial charge in [0, 0.05) is 22.0 Å². The predicted octanol–water partition coefficient (Wildman–Crippen LogP) is 6.06. The summed E-state index contributed by atoms with van der Waals surface area (Å²) in [6, 6.07) is 19.1. The Morgan fingerprint density at radius 3 is 2.59 bits per heavy atom. The summed E-state index contributed by atoms with van der Waals surface area (Å²) in [5.41, 5.74) is 4.62. The van der Waals surface area contributed by atoms with Crippen LogP contribution in [0.4, 0.5) is 11.4 Å². The average molecular weight is 492 g/mol. The van der Waals surface area contributed by atoms with Crippen molar-refractivity contribution < 1.29 is 9.53 Å². The van der Waals surface area contributed by atoms with Crippen molar-refractivity contribution in [3.63, 3.8) is 0 Å². The molecule has 2 aliphatic heterocycles. The van der Waals surface area contributed by atoms with Crippen LogP contribution in [0.5, 0.6) is 5.75 Å². The van der Waals surface area contributed by atoms with E-state index in [2.05, 4.69) is 16.7 Å². The Labute approximate surface area is 210 Å². The van der Waals surface area contributed by atoms with Gasteiger partial charge in [0.15, 0.2) is 10.8 Å². The maximum atomic E-state index is 13.9. The van der Waals surface area contributed by atoms with Gasteiger partial charge in [-0.2, -0.15) is 0 Å². The van der Waals surface area contributed by atoms with Crippen molar-refractivity contribution in [3.05, 3.63) is 87.9 Å². The quantitative estimate of drug-likeness (QED) is 0.436. The first-order valence-electron chi connectivity index (χ1n) is 11.2. The molecule has 3 aromatic carbocycles. The van der Waals surface area contributed by atoms with Gasteiger partial charge in [0.1, 0.15) is 11.7 Å². The van der Waals surface area contributed by atoms with E-state index in [0.29, 0.717) is 15.9 Å². The molecule has 174 valence electrons. The van der Waals surface area contributed by atoms with Crippen molar-refractivity contribution >= 4 is 46.2 Å². The summed E-state index contributed by atoms with van der Waals surface area (Å²) in [5, 5.41) is 7.64. The molecule has 2 aliphatic rings. The van der Waals surface area contributed by atoms with Crippen LogP contribution in [0.2, 0.25) is 5.02 Å². The van der Waals surface area contributed by atoms with E-state index in [4.69, 9.17) is 28.6 Å². The standard InChI is InChI=1S/C27H26ClN3O2S/c1-15-6-5-7-19(13-15)31-26(34)30-24-20-14-18(28)9-11-22(20)33-27(31,4)23(24)25(32)29-21-10-8-16(2)12-17(21)3/h5-14,23-24H,1-4H3,(H,29,32)(H,30,34)/t23-,24+,27-/m0/s1. The Bertz CT molecular complexity index is 1330. The molecule has 0 radical (unpaired) electrons. The van der Waals surface area contributed by atoms with E-state index in [9.17, 15) is 4.79 Å². The van der Waals surface area contributed by atoms with Crippen LogP contribution in [-0.4, -0.2) is 16.7 Å². The summed E-state index contributed by atoms with van der Waals surface area (Å²) < 4.78 is 6.62. The molecule has 2 N–H and O–H groups in total. The van der Waals surface area contributed by atoms with Crippen LogP contribution in [0.15, 0.2) is 60.7 Å². The van der Waals surface area contributed by atoms with Crippen LogP contribution >= 0.6 is 23.8 Å². The molecule has 2 heterocycles. The Morgan fingerprint density at radius 1 is 1.09 bits per heavy atom. The van der Waals surface area contributed by atoms with Crippen LogP contribution in [0.1, 0.15) is 35.2 Å². The number of carbonyl (C=O) groups is 1. The van der Waals surface area contributed by atoms with Crippen molar-refractivity contribution in [1.29, 1.82) is 0 Å². The summed E-state index contributed by atoms with van der Waals surface area (Å²) in [5.74, 6) is -0.0933. The van der Waals surface area contributed by atoms with Crippen molar-refractivity contribution in [2.45, 2.75) is 39.5 Å². The topological polar surface area (TPSA) is 53.6 Å². The van der Waals surface area contributed by atoms with Crippen molar-refractivity contribution in [2.75, 3.05) is 10.2 Å². The second-order valence-electron chi connectivity index (χ2n) is 9.23. The number of hydrogen-bond donors (Lipinski definition) is 2. The van der Waals surface area contributed by atoms with E-state index < -0.39 is 17.7 Å². The SMILES string of the molecule is Cc1cccc(N2C(=S)N[C@@H]3c4cc(Cl)ccc4O[C@@]2(C)[C@@H]3C(=O)Nc2ccc(C)cc2C)c1. The number of halogens is 1. The number of nitrogens with one attached hydrogen (secondary N) is 2. The zero-order valence-electron chi connectivity index (χ0n) is 19.5. The highest BCUT2D eigenvalue weighted by molar-refractivity contribution is 7.80. The molecule has 2 bridgehead atoms. The van der Waals surface area contributed by atoms with Gasteiger partial charge in [0.25, 0.3) is 0 Å². The Kier molecular flexibility index (Phi) is 5.53. The molecule has 7 heteroatoms. The summed E-state index contributed by atoms with van der Waals surface area (Å²) in [7, 11) is 0. The third kappa shape index (κ3) is 3.71. The molecule has 0 saturated carbocycles. The van der Waals surface area contributed by atoms with E-state index in [-0.39, 0.29) is 5.91 Å². The van der Waals surface area contributed by atoms with Crippen LogP contribution in [0.3, 0.4) is 0 Å². The van der Waals surface area contributed by atoms with Gasteiger partial charge in [0.05, 0.1) is 6.04 Å². The highest BCUT2D eigenvalue weighted by atomic mass is 35.5. The van der Waals surface area contributed by atoms with E-state index in [1.165, 1.54) is 0 Å². The molecule has 1 fully saturated rings. The molecule has 1 amide bonds. The van der Waals surface area contributed by atoms with Crippen molar-refractivity contribution in [3.8, 4) is 5.75 Å². The number of hydrogen-bond acceptors (Lipinski definition) is 3. The lowest BCUT2D eigenvalue weighted by atomic mass is 9.78. The monoisotopic (exact) mass is 491 g/mol. The number of carbonyl (C=O) groups excluding carboxylic acids is 1. The Morgan fingerprint density at radius 2 is 1.85 bits per heavy atom. The van der Waals surface area contributed by atoms with Gasteiger partial charge >= 0.3 is 0 Å². The van der Waals surface area contributed by atoms with Gasteiger partial charge in [-0.3, -0.25) is 9.69 Å². The first-order chi connectivity index (χ1) is 16.2. The Hall–Kier alpha value is -3.09. The molecule has 0 spiro atoms. The number of anilines is 2. The molecule has 3 atom stereocenters. The maximum absolute atomic E-state index is 13.9. The molecule has 0 aromatic heterocycles. The lowest BCUT2D eigenvalue weighted by Crippen LogP contribution is -2.72. The molecule has 3 aromatic rings. The highest BCUT2D eigenvalue weighted by Gasteiger charge is 2.59. The van der Waals surface area contributed by atoms with Crippen LogP contribution in [0.25, 0.3) is 0 Å². The minimum Gasteiger partial charge on any atom is -0.467 e. The highest BCUT2D eigenvalue weighted by Crippen LogP contribution is 2.50. The number of rotatable bonds is 3. The second-order valence-corrected chi connectivity index (χ2v) is 10.0. The van der Waals surface area contributed by atoms with Gasteiger partial charge in [-0.15, -0.1) is 0 Å². The summed E-state index contributed by atoms with van der Waals surface area (Å²) in [6.07, 6.45) is 0. The van der Waals surface area contributed by atoms with Crippen LogP contribution in [-0.2, 0) is 4.79 Å². The number of amides is 1. The number of thiocarbonyl (C=S) groups is 1. The summed E-state index contributed by atoms with van der Waals surface area (Å²) >= 11 is 12.1. The second kappa shape index (κ2) is 8.29. The molecule has 5 rings (SSSR count). The molecular weight excluding hydrogens is 466 g/mol. The number of ether oxygens (including phenoxy) is 1. The summed E-state index contributed by atoms with van der Waals surface area (Å²) in [6.45, 7) is 7.98. The van der Waals surface area contributed by atoms with Crippen LogP contribution < -0.4 is 20.3 Å². The lowest BCUT2D eigenvalue weighted by molar-refractivity contribution is -0.130. The first-order valence-corrected chi connectivity index (χ1v) is 12.0. The van der Waals surface area contributed by atoms with E-state index >= 15 is 0 Å². The third-order valence-electron chi connectivity index (χ3n) is 6.64. The molecule has 34 heavy (non-hydrogen) atoms. The van der Waals surface area contributed by atoms with Crippen LogP contribution in [0, 0.1) is 26.7 Å². The number of benzene rings is 3. The minimum absolute atomic E-state index is 0.155. The van der Waals surface area contributed by atoms with Gasteiger partial charge < -0.3 is 15.4 Å². The smallest absolute Gasteiger partial charge is 0.236 e. The largest absolute Gasteiger partial charge is 0.467 e. The lowest BCUT2D eigenvalue weighted by Gasteiger charge is -2.56. The molecule has 0 unspecified atom stereocenters. The normalized spacial score (nSPS) is 23.0. The van der Waals surface area contributed by atoms with Gasteiger partial charge in [0.2, 0.25) is 5.91 Å². The summed E-state index contributed by atoms with van der Waals surface area (Å²) in [4.78, 5) is 15.8. The fourth-order valence-electron chi connectivity index (χ4n) is 5.07. The van der Waals surface area contributed by atoms with Gasteiger partial charge in [-0.25, -0.2) is 0 Å².